The molecule has 0 spiro atoms. The minimum absolute atomic E-state index is 0.0709. The fourth-order valence-electron chi connectivity index (χ4n) is 2.24. The summed E-state index contributed by atoms with van der Waals surface area (Å²) in [6, 6.07) is 7.79. The minimum atomic E-state index is -0.458. The fourth-order valence-corrected chi connectivity index (χ4v) is 2.64. The van der Waals surface area contributed by atoms with Gasteiger partial charge in [0.25, 0.3) is 0 Å². The number of nitrogens with one attached hydrogen (secondary N) is 2. The van der Waals surface area contributed by atoms with Gasteiger partial charge in [0.2, 0.25) is 11.8 Å². The number of hydrogen-bond donors (Lipinski definition) is 2. The van der Waals surface area contributed by atoms with Crippen molar-refractivity contribution < 1.29 is 9.59 Å². The third-order valence-electron chi connectivity index (χ3n) is 3.81. The lowest BCUT2D eigenvalue weighted by Crippen LogP contribution is -2.47. The van der Waals surface area contributed by atoms with Crippen molar-refractivity contribution in [3.8, 4) is 0 Å². The predicted molar refractivity (Wildman–Crippen MR) is 74.1 cm³/mol. The van der Waals surface area contributed by atoms with Crippen LogP contribution in [0.3, 0.4) is 0 Å². The smallest absolute Gasteiger partial charge is 0.249 e. The van der Waals surface area contributed by atoms with Gasteiger partial charge in [0.1, 0.15) is 0 Å². The Bertz CT molecular complexity index is 536. The SMILES string of the molecule is O=C(NNC(=O)C1(c2cccc(Br)c2)CC1)C1CC1. The highest BCUT2D eigenvalue weighted by Crippen LogP contribution is 2.48. The second-order valence-corrected chi connectivity index (χ2v) is 6.23. The van der Waals surface area contributed by atoms with E-state index in [1.54, 1.807) is 0 Å². The first-order chi connectivity index (χ1) is 9.12. The standard InChI is InChI=1S/C14H15BrN2O2/c15-11-3-1-2-10(8-11)14(6-7-14)13(19)17-16-12(18)9-4-5-9/h1-3,8-9H,4-7H2,(H,16,18)(H,17,19). The number of amides is 2. The maximum absolute atomic E-state index is 12.2. The molecule has 0 saturated heterocycles. The molecule has 3 rings (SSSR count). The van der Waals surface area contributed by atoms with Gasteiger partial charge in [-0.25, -0.2) is 0 Å². The molecule has 0 atom stereocenters. The van der Waals surface area contributed by atoms with Crippen LogP contribution in [0.2, 0.25) is 0 Å². The van der Waals surface area contributed by atoms with Gasteiger partial charge in [-0.3, -0.25) is 20.4 Å². The largest absolute Gasteiger partial charge is 0.273 e. The summed E-state index contributed by atoms with van der Waals surface area (Å²) in [6.07, 6.45) is 3.51. The Morgan fingerprint density at radius 2 is 1.95 bits per heavy atom. The Balaban J connectivity index is 1.66. The Labute approximate surface area is 120 Å². The first-order valence-electron chi connectivity index (χ1n) is 6.48. The van der Waals surface area contributed by atoms with E-state index in [2.05, 4.69) is 26.8 Å². The van der Waals surface area contributed by atoms with Gasteiger partial charge in [-0.15, -0.1) is 0 Å². The number of carbonyl (C=O) groups excluding carboxylic acids is 2. The summed E-state index contributed by atoms with van der Waals surface area (Å²) in [5.41, 5.74) is 5.64. The van der Waals surface area contributed by atoms with E-state index in [1.807, 2.05) is 24.3 Å². The molecule has 0 radical (unpaired) electrons. The molecule has 2 fully saturated rings. The number of hydrogen-bond acceptors (Lipinski definition) is 2. The van der Waals surface area contributed by atoms with Gasteiger partial charge in [0.05, 0.1) is 5.41 Å². The molecule has 5 heteroatoms. The van der Waals surface area contributed by atoms with Gasteiger partial charge in [-0.2, -0.15) is 0 Å². The summed E-state index contributed by atoms with van der Waals surface area (Å²) in [5, 5.41) is 0. The summed E-state index contributed by atoms with van der Waals surface area (Å²) in [7, 11) is 0. The molecule has 19 heavy (non-hydrogen) atoms. The predicted octanol–water partition coefficient (Wildman–Crippen LogP) is 2.04. The van der Waals surface area contributed by atoms with Crippen LogP contribution in [0.1, 0.15) is 31.2 Å². The van der Waals surface area contributed by atoms with Crippen molar-refractivity contribution in [2.45, 2.75) is 31.1 Å². The summed E-state index contributed by atoms with van der Waals surface area (Å²) in [4.78, 5) is 23.8. The Morgan fingerprint density at radius 1 is 1.21 bits per heavy atom. The number of hydrazine groups is 1. The van der Waals surface area contributed by atoms with Gasteiger partial charge in [0, 0.05) is 10.4 Å². The van der Waals surface area contributed by atoms with Gasteiger partial charge in [-0.1, -0.05) is 28.1 Å². The first-order valence-corrected chi connectivity index (χ1v) is 7.27. The maximum Gasteiger partial charge on any atom is 0.249 e. The van der Waals surface area contributed by atoms with Crippen LogP contribution in [0.4, 0.5) is 0 Å². The summed E-state index contributed by atoms with van der Waals surface area (Å²) < 4.78 is 0.964. The van der Waals surface area contributed by atoms with Gasteiger partial charge in [0.15, 0.2) is 0 Å². The fraction of sp³-hybridized carbons (Fsp3) is 0.429. The van der Waals surface area contributed by atoms with Crippen molar-refractivity contribution in [1.29, 1.82) is 0 Å². The van der Waals surface area contributed by atoms with Crippen molar-refractivity contribution in [1.82, 2.24) is 10.9 Å². The van der Waals surface area contributed by atoms with Crippen LogP contribution in [0.25, 0.3) is 0 Å². The molecule has 0 bridgehead atoms. The average Bonchev–Trinajstić information content (AvgIpc) is 3.29. The van der Waals surface area contributed by atoms with Crippen molar-refractivity contribution in [2.24, 2.45) is 5.92 Å². The van der Waals surface area contributed by atoms with Crippen LogP contribution in [0, 0.1) is 5.92 Å². The van der Waals surface area contributed by atoms with E-state index < -0.39 is 5.41 Å². The van der Waals surface area contributed by atoms with Crippen LogP contribution in [0.5, 0.6) is 0 Å². The zero-order chi connectivity index (χ0) is 13.5. The van der Waals surface area contributed by atoms with Gasteiger partial charge < -0.3 is 0 Å². The van der Waals surface area contributed by atoms with Crippen molar-refractivity contribution in [3.05, 3.63) is 34.3 Å². The van der Waals surface area contributed by atoms with Crippen molar-refractivity contribution in [2.75, 3.05) is 0 Å². The van der Waals surface area contributed by atoms with Crippen LogP contribution in [-0.2, 0) is 15.0 Å². The third kappa shape index (κ3) is 2.52. The lowest BCUT2D eigenvalue weighted by atomic mass is 9.95. The van der Waals surface area contributed by atoms with Gasteiger partial charge >= 0.3 is 0 Å². The molecule has 0 aromatic heterocycles. The number of carbonyl (C=O) groups is 2. The molecular weight excluding hydrogens is 308 g/mol. The molecule has 2 N–H and O–H groups in total. The molecule has 0 aliphatic heterocycles. The molecular formula is C14H15BrN2O2. The van der Waals surface area contributed by atoms with E-state index in [-0.39, 0.29) is 17.7 Å². The van der Waals surface area contributed by atoms with E-state index in [1.165, 1.54) is 0 Å². The van der Waals surface area contributed by atoms with Crippen molar-refractivity contribution >= 4 is 27.7 Å². The monoisotopic (exact) mass is 322 g/mol. The molecule has 100 valence electrons. The zero-order valence-electron chi connectivity index (χ0n) is 10.4. The normalized spacial score (nSPS) is 19.6. The van der Waals surface area contributed by atoms with E-state index in [0.717, 1.165) is 35.7 Å². The Hall–Kier alpha value is -1.36. The molecule has 2 aliphatic rings. The van der Waals surface area contributed by atoms with Crippen LogP contribution in [-0.4, -0.2) is 11.8 Å². The highest BCUT2D eigenvalue weighted by Gasteiger charge is 2.51. The molecule has 4 nitrogen and oxygen atoms in total. The molecule has 0 heterocycles. The van der Waals surface area contributed by atoms with Crippen LogP contribution >= 0.6 is 15.9 Å². The zero-order valence-corrected chi connectivity index (χ0v) is 12.0. The van der Waals surface area contributed by atoms with E-state index in [9.17, 15) is 9.59 Å². The number of halogens is 1. The Kier molecular flexibility index (Phi) is 3.09. The Morgan fingerprint density at radius 3 is 2.53 bits per heavy atom. The highest BCUT2D eigenvalue weighted by molar-refractivity contribution is 9.10. The molecule has 2 amide bonds. The minimum Gasteiger partial charge on any atom is -0.273 e. The molecule has 1 aromatic rings. The summed E-state index contributed by atoms with van der Waals surface area (Å²) in [5.74, 6) is -0.0840. The second kappa shape index (κ2) is 4.63. The second-order valence-electron chi connectivity index (χ2n) is 5.31. The lowest BCUT2D eigenvalue weighted by molar-refractivity contribution is -0.130. The summed E-state index contributed by atoms with van der Waals surface area (Å²) >= 11 is 3.42. The highest BCUT2D eigenvalue weighted by atomic mass is 79.9. The molecule has 1 aromatic carbocycles. The van der Waals surface area contributed by atoms with Crippen LogP contribution in [0.15, 0.2) is 28.7 Å². The molecule has 2 saturated carbocycles. The summed E-state index contributed by atoms with van der Waals surface area (Å²) in [6.45, 7) is 0. The van der Waals surface area contributed by atoms with Crippen LogP contribution < -0.4 is 10.9 Å². The first kappa shape index (κ1) is 12.7. The van der Waals surface area contributed by atoms with Crippen molar-refractivity contribution in [3.63, 3.8) is 0 Å². The lowest BCUT2D eigenvalue weighted by Gasteiger charge is -2.16. The number of benzene rings is 1. The maximum atomic E-state index is 12.2. The van der Waals surface area contributed by atoms with E-state index >= 15 is 0 Å². The molecule has 2 aliphatic carbocycles. The van der Waals surface area contributed by atoms with E-state index in [4.69, 9.17) is 0 Å². The molecule has 0 unspecified atom stereocenters. The van der Waals surface area contributed by atoms with Gasteiger partial charge in [-0.05, 0) is 43.4 Å². The van der Waals surface area contributed by atoms with E-state index in [0.29, 0.717) is 0 Å². The quantitative estimate of drug-likeness (QED) is 0.837. The number of rotatable bonds is 3. The average molecular weight is 323 g/mol. The third-order valence-corrected chi connectivity index (χ3v) is 4.30. The topological polar surface area (TPSA) is 58.2 Å².